The SMILES string of the molecule is CN=C1CCCC1C(=S)S. The maximum absolute atomic E-state index is 4.98. The number of nitrogens with zero attached hydrogens (tertiary/aromatic N) is 1. The zero-order valence-electron chi connectivity index (χ0n) is 6.00. The average Bonchev–Trinajstić information content (AvgIpc) is 2.33. The lowest BCUT2D eigenvalue weighted by molar-refractivity contribution is 0.825. The van der Waals surface area contributed by atoms with Crippen LogP contribution in [0.5, 0.6) is 0 Å². The Morgan fingerprint density at radius 3 is 2.90 bits per heavy atom. The number of hydrogen-bond donors (Lipinski definition) is 1. The van der Waals surface area contributed by atoms with Gasteiger partial charge in [-0.15, -0.1) is 12.6 Å². The van der Waals surface area contributed by atoms with Gasteiger partial charge in [-0.1, -0.05) is 12.2 Å². The molecular weight excluding hydrogens is 162 g/mol. The first kappa shape index (κ1) is 8.21. The molecular formula is C7H11NS2. The van der Waals surface area contributed by atoms with E-state index in [1.165, 1.54) is 12.1 Å². The van der Waals surface area contributed by atoms with Crippen molar-refractivity contribution in [3.63, 3.8) is 0 Å². The van der Waals surface area contributed by atoms with E-state index in [-0.39, 0.29) is 0 Å². The van der Waals surface area contributed by atoms with E-state index in [0.29, 0.717) is 5.92 Å². The van der Waals surface area contributed by atoms with E-state index < -0.39 is 0 Å². The van der Waals surface area contributed by atoms with E-state index in [4.69, 9.17) is 12.2 Å². The fourth-order valence-corrected chi connectivity index (χ4v) is 1.89. The van der Waals surface area contributed by atoms with Gasteiger partial charge in [-0.05, 0) is 19.3 Å². The molecule has 0 aromatic heterocycles. The predicted molar refractivity (Wildman–Crippen MR) is 52.3 cm³/mol. The zero-order chi connectivity index (χ0) is 7.56. The van der Waals surface area contributed by atoms with Crippen molar-refractivity contribution in [1.29, 1.82) is 0 Å². The molecule has 1 atom stereocenters. The average molecular weight is 173 g/mol. The Morgan fingerprint density at radius 2 is 2.50 bits per heavy atom. The molecule has 1 fully saturated rings. The smallest absolute Gasteiger partial charge is 0.0535 e. The lowest BCUT2D eigenvalue weighted by Gasteiger charge is -2.05. The second-order valence-electron chi connectivity index (χ2n) is 2.50. The molecule has 0 amide bonds. The molecule has 0 bridgehead atoms. The summed E-state index contributed by atoms with van der Waals surface area (Å²) < 4.78 is 0.804. The summed E-state index contributed by atoms with van der Waals surface area (Å²) >= 11 is 9.14. The summed E-state index contributed by atoms with van der Waals surface area (Å²) in [6, 6.07) is 0. The maximum atomic E-state index is 4.98. The summed E-state index contributed by atoms with van der Waals surface area (Å²) in [5.41, 5.74) is 1.24. The van der Waals surface area contributed by atoms with Gasteiger partial charge >= 0.3 is 0 Å². The first-order valence-corrected chi connectivity index (χ1v) is 4.29. The van der Waals surface area contributed by atoms with Crippen molar-refractivity contribution in [3.8, 4) is 0 Å². The Morgan fingerprint density at radius 1 is 1.80 bits per heavy atom. The van der Waals surface area contributed by atoms with Crippen LogP contribution in [0, 0.1) is 5.92 Å². The Hall–Kier alpha value is 0.110. The summed E-state index contributed by atoms with van der Waals surface area (Å²) in [7, 11) is 1.83. The maximum Gasteiger partial charge on any atom is 0.0535 e. The molecule has 0 N–H and O–H groups in total. The van der Waals surface area contributed by atoms with E-state index >= 15 is 0 Å². The molecule has 1 nitrogen and oxygen atoms in total. The van der Waals surface area contributed by atoms with Crippen molar-refractivity contribution >= 4 is 34.8 Å². The summed E-state index contributed by atoms with van der Waals surface area (Å²) in [4.78, 5) is 4.17. The first-order chi connectivity index (χ1) is 4.75. The minimum absolute atomic E-state index is 0.392. The molecule has 1 unspecified atom stereocenters. The first-order valence-electron chi connectivity index (χ1n) is 3.44. The Labute approximate surface area is 72.3 Å². The molecule has 1 rings (SSSR count). The fraction of sp³-hybridized carbons (Fsp3) is 0.714. The van der Waals surface area contributed by atoms with Gasteiger partial charge in [0.1, 0.15) is 0 Å². The highest BCUT2D eigenvalue weighted by Crippen LogP contribution is 2.25. The van der Waals surface area contributed by atoms with Crippen molar-refractivity contribution in [3.05, 3.63) is 0 Å². The van der Waals surface area contributed by atoms with Gasteiger partial charge in [-0.25, -0.2) is 0 Å². The molecule has 0 spiro atoms. The van der Waals surface area contributed by atoms with Gasteiger partial charge in [-0.2, -0.15) is 0 Å². The summed E-state index contributed by atoms with van der Waals surface area (Å²) in [5, 5.41) is 0. The number of thiocarbonyl (C=S) groups is 1. The van der Waals surface area contributed by atoms with Crippen LogP contribution in [0.4, 0.5) is 0 Å². The zero-order valence-corrected chi connectivity index (χ0v) is 7.71. The highest BCUT2D eigenvalue weighted by molar-refractivity contribution is 8.11. The predicted octanol–water partition coefficient (Wildman–Crippen LogP) is 2.11. The lowest BCUT2D eigenvalue weighted by Crippen LogP contribution is -2.11. The Balaban J connectivity index is 2.68. The van der Waals surface area contributed by atoms with Crippen LogP contribution >= 0.6 is 24.8 Å². The van der Waals surface area contributed by atoms with Gasteiger partial charge in [0.25, 0.3) is 0 Å². The fourth-order valence-electron chi connectivity index (χ4n) is 1.36. The van der Waals surface area contributed by atoms with Crippen molar-refractivity contribution in [2.45, 2.75) is 19.3 Å². The van der Waals surface area contributed by atoms with Crippen LogP contribution < -0.4 is 0 Å². The van der Waals surface area contributed by atoms with Crippen LogP contribution in [0.25, 0.3) is 0 Å². The van der Waals surface area contributed by atoms with Crippen LogP contribution in [-0.4, -0.2) is 17.0 Å². The van der Waals surface area contributed by atoms with Crippen molar-refractivity contribution in [1.82, 2.24) is 0 Å². The van der Waals surface area contributed by atoms with Gasteiger partial charge in [-0.3, -0.25) is 4.99 Å². The van der Waals surface area contributed by atoms with Gasteiger partial charge in [0.15, 0.2) is 0 Å². The van der Waals surface area contributed by atoms with Crippen LogP contribution in [0.3, 0.4) is 0 Å². The monoisotopic (exact) mass is 173 g/mol. The second-order valence-corrected chi connectivity index (χ2v) is 3.72. The molecule has 0 saturated heterocycles. The van der Waals surface area contributed by atoms with E-state index in [0.717, 1.165) is 17.0 Å². The molecule has 0 aliphatic heterocycles. The van der Waals surface area contributed by atoms with Crippen molar-refractivity contribution in [2.75, 3.05) is 7.05 Å². The van der Waals surface area contributed by atoms with Gasteiger partial charge in [0, 0.05) is 18.7 Å². The molecule has 1 aliphatic rings. The molecule has 1 saturated carbocycles. The molecule has 1 aliphatic carbocycles. The largest absolute Gasteiger partial charge is 0.297 e. The third-order valence-corrected chi connectivity index (χ3v) is 2.51. The second kappa shape index (κ2) is 3.49. The van der Waals surface area contributed by atoms with E-state index in [2.05, 4.69) is 17.6 Å². The van der Waals surface area contributed by atoms with Crippen LogP contribution in [0.1, 0.15) is 19.3 Å². The number of rotatable bonds is 1. The molecule has 10 heavy (non-hydrogen) atoms. The van der Waals surface area contributed by atoms with Crippen LogP contribution in [-0.2, 0) is 0 Å². The normalized spacial score (nSPS) is 29.4. The standard InChI is InChI=1S/C7H11NS2/c1-8-6-4-2-3-5(6)7(9)10/h5H,2-4H2,1H3,(H,9,10). The molecule has 3 heteroatoms. The van der Waals surface area contributed by atoms with E-state index in [9.17, 15) is 0 Å². The quantitative estimate of drug-likeness (QED) is 0.473. The lowest BCUT2D eigenvalue weighted by atomic mass is 10.1. The van der Waals surface area contributed by atoms with E-state index in [1.54, 1.807) is 0 Å². The summed E-state index contributed by atoms with van der Waals surface area (Å²) in [5.74, 6) is 0.392. The van der Waals surface area contributed by atoms with Crippen molar-refractivity contribution in [2.24, 2.45) is 10.9 Å². The van der Waals surface area contributed by atoms with Crippen molar-refractivity contribution < 1.29 is 0 Å². The Bertz CT molecular complexity index is 174. The van der Waals surface area contributed by atoms with Gasteiger partial charge in [0.2, 0.25) is 0 Å². The summed E-state index contributed by atoms with van der Waals surface area (Å²) in [6.07, 6.45) is 3.48. The highest BCUT2D eigenvalue weighted by atomic mass is 32.1. The number of hydrogen-bond acceptors (Lipinski definition) is 2. The third kappa shape index (κ3) is 1.58. The molecule has 0 aromatic rings. The van der Waals surface area contributed by atoms with Crippen LogP contribution in [0.2, 0.25) is 0 Å². The number of aliphatic imine (C=N–C) groups is 1. The number of thiol groups is 1. The molecule has 0 aromatic carbocycles. The van der Waals surface area contributed by atoms with E-state index in [1.807, 2.05) is 7.05 Å². The summed E-state index contributed by atoms with van der Waals surface area (Å²) in [6.45, 7) is 0. The minimum Gasteiger partial charge on any atom is -0.297 e. The van der Waals surface area contributed by atoms with Crippen LogP contribution in [0.15, 0.2) is 4.99 Å². The molecule has 0 heterocycles. The third-order valence-electron chi connectivity index (χ3n) is 1.91. The highest BCUT2D eigenvalue weighted by Gasteiger charge is 2.23. The minimum atomic E-state index is 0.392. The topological polar surface area (TPSA) is 12.4 Å². The van der Waals surface area contributed by atoms with Gasteiger partial charge < -0.3 is 0 Å². The van der Waals surface area contributed by atoms with Gasteiger partial charge in [0.05, 0.1) is 4.20 Å². The molecule has 0 radical (unpaired) electrons. The Kier molecular flexibility index (Phi) is 2.86. The molecule has 56 valence electrons.